The van der Waals surface area contributed by atoms with E-state index in [0.29, 0.717) is 18.1 Å². The van der Waals surface area contributed by atoms with E-state index >= 15 is 0 Å². The minimum atomic E-state index is -4.38. The summed E-state index contributed by atoms with van der Waals surface area (Å²) in [5.41, 5.74) is 2.41. The number of halogens is 3. The van der Waals surface area contributed by atoms with E-state index in [-0.39, 0.29) is 12.3 Å². The van der Waals surface area contributed by atoms with Crippen molar-refractivity contribution in [1.29, 1.82) is 0 Å². The molecule has 0 aliphatic rings. The summed E-state index contributed by atoms with van der Waals surface area (Å²) in [5, 5.41) is 10.3. The molecule has 0 fully saturated rings. The lowest BCUT2D eigenvalue weighted by Gasteiger charge is -2.16. The van der Waals surface area contributed by atoms with Crippen LogP contribution < -0.4 is 15.4 Å². The van der Waals surface area contributed by atoms with Gasteiger partial charge in [0.05, 0.1) is 12.2 Å². The van der Waals surface area contributed by atoms with Gasteiger partial charge in [-0.3, -0.25) is 9.67 Å². The molecule has 6 nitrogen and oxygen atoms in total. The van der Waals surface area contributed by atoms with E-state index in [1.54, 1.807) is 37.0 Å². The normalized spacial score (nSPS) is 12.2. The molecule has 0 spiro atoms. The molecule has 1 aromatic heterocycles. The second-order valence-electron chi connectivity index (χ2n) is 5.74. The van der Waals surface area contributed by atoms with Crippen LogP contribution in [0.1, 0.15) is 16.8 Å². The molecule has 2 rings (SSSR count). The van der Waals surface area contributed by atoms with E-state index in [0.717, 1.165) is 11.3 Å². The van der Waals surface area contributed by atoms with Crippen LogP contribution in [0.15, 0.2) is 35.5 Å². The maximum Gasteiger partial charge on any atom is 0.422 e. The predicted molar refractivity (Wildman–Crippen MR) is 93.0 cm³/mol. The number of ether oxygens (including phenoxy) is 1. The number of benzene rings is 1. The lowest BCUT2D eigenvalue weighted by molar-refractivity contribution is -0.153. The molecule has 0 aliphatic carbocycles. The Morgan fingerprint density at radius 2 is 1.96 bits per heavy atom. The summed E-state index contributed by atoms with van der Waals surface area (Å²) in [7, 11) is 3.46. The van der Waals surface area contributed by atoms with E-state index in [1.165, 1.54) is 0 Å². The van der Waals surface area contributed by atoms with Crippen molar-refractivity contribution in [2.75, 3.05) is 13.7 Å². The number of nitrogens with zero attached hydrogens (tertiary/aromatic N) is 3. The SMILES string of the molecule is CN=C(NCc1ccc(C)cc1OCC(F)(F)F)NCc1ccnn1C. The van der Waals surface area contributed by atoms with Gasteiger partial charge in [-0.25, -0.2) is 0 Å². The van der Waals surface area contributed by atoms with Crippen molar-refractivity contribution in [2.45, 2.75) is 26.2 Å². The van der Waals surface area contributed by atoms with Crippen molar-refractivity contribution < 1.29 is 17.9 Å². The molecule has 142 valence electrons. The number of guanidine groups is 1. The van der Waals surface area contributed by atoms with Gasteiger partial charge in [-0.1, -0.05) is 12.1 Å². The van der Waals surface area contributed by atoms with Gasteiger partial charge in [0.25, 0.3) is 0 Å². The van der Waals surface area contributed by atoms with Crippen LogP contribution in [0, 0.1) is 6.92 Å². The molecule has 0 saturated heterocycles. The monoisotopic (exact) mass is 369 g/mol. The Labute approximate surface area is 150 Å². The molecule has 1 heterocycles. The third kappa shape index (κ3) is 5.98. The molecule has 0 aliphatic heterocycles. The number of alkyl halides is 3. The Balaban J connectivity index is 1.97. The highest BCUT2D eigenvalue weighted by Crippen LogP contribution is 2.23. The maximum atomic E-state index is 12.4. The minimum Gasteiger partial charge on any atom is -0.484 e. The average molecular weight is 369 g/mol. The van der Waals surface area contributed by atoms with Crippen LogP contribution in [0.4, 0.5) is 13.2 Å². The number of aryl methyl sites for hydroxylation is 2. The van der Waals surface area contributed by atoms with Gasteiger partial charge in [0.2, 0.25) is 0 Å². The van der Waals surface area contributed by atoms with Crippen molar-refractivity contribution in [1.82, 2.24) is 20.4 Å². The minimum absolute atomic E-state index is 0.205. The van der Waals surface area contributed by atoms with Crippen LogP contribution in [-0.4, -0.2) is 35.6 Å². The lowest BCUT2D eigenvalue weighted by Crippen LogP contribution is -2.36. The summed E-state index contributed by atoms with van der Waals surface area (Å²) in [4.78, 5) is 4.11. The van der Waals surface area contributed by atoms with Crippen molar-refractivity contribution >= 4 is 5.96 Å². The molecule has 0 saturated carbocycles. The Morgan fingerprint density at radius 1 is 1.23 bits per heavy atom. The Kier molecular flexibility index (Phi) is 6.48. The maximum absolute atomic E-state index is 12.4. The van der Waals surface area contributed by atoms with Crippen LogP contribution in [0.2, 0.25) is 0 Å². The summed E-state index contributed by atoms with van der Waals surface area (Å²) in [6.07, 6.45) is -2.68. The molecule has 0 bridgehead atoms. The molecule has 26 heavy (non-hydrogen) atoms. The fourth-order valence-corrected chi connectivity index (χ4v) is 2.25. The van der Waals surface area contributed by atoms with Crippen LogP contribution >= 0.6 is 0 Å². The molecule has 1 aromatic carbocycles. The first-order valence-corrected chi connectivity index (χ1v) is 7.99. The van der Waals surface area contributed by atoms with Crippen molar-refractivity contribution in [3.63, 3.8) is 0 Å². The van der Waals surface area contributed by atoms with Gasteiger partial charge in [0.1, 0.15) is 5.75 Å². The first-order chi connectivity index (χ1) is 12.3. The third-order valence-corrected chi connectivity index (χ3v) is 3.64. The van der Waals surface area contributed by atoms with E-state index < -0.39 is 12.8 Å². The third-order valence-electron chi connectivity index (χ3n) is 3.64. The fourth-order valence-electron chi connectivity index (χ4n) is 2.25. The molecule has 0 radical (unpaired) electrons. The summed E-state index contributed by atoms with van der Waals surface area (Å²) in [6, 6.07) is 7.03. The van der Waals surface area contributed by atoms with E-state index in [1.807, 2.05) is 19.2 Å². The quantitative estimate of drug-likeness (QED) is 0.607. The molecule has 0 atom stereocenters. The highest BCUT2D eigenvalue weighted by Gasteiger charge is 2.28. The Morgan fingerprint density at radius 3 is 2.58 bits per heavy atom. The zero-order chi connectivity index (χ0) is 19.2. The van der Waals surface area contributed by atoms with Gasteiger partial charge in [-0.15, -0.1) is 0 Å². The number of nitrogens with one attached hydrogen (secondary N) is 2. The summed E-state index contributed by atoms with van der Waals surface area (Å²) in [6.45, 7) is 1.27. The lowest BCUT2D eigenvalue weighted by atomic mass is 10.1. The molecule has 2 N–H and O–H groups in total. The highest BCUT2D eigenvalue weighted by molar-refractivity contribution is 5.79. The first kappa shape index (κ1) is 19.6. The molecule has 2 aromatic rings. The smallest absolute Gasteiger partial charge is 0.422 e. The summed E-state index contributed by atoms with van der Waals surface area (Å²) >= 11 is 0. The standard InChI is InChI=1S/C17H22F3N5O/c1-12-4-5-13(15(8-12)26-11-17(18,19)20)9-22-16(21-2)23-10-14-6-7-24-25(14)3/h4-8H,9-11H2,1-3H3,(H2,21,22,23). The molecule has 9 heteroatoms. The van der Waals surface area contributed by atoms with Gasteiger partial charge < -0.3 is 15.4 Å². The first-order valence-electron chi connectivity index (χ1n) is 7.99. The number of rotatable bonds is 6. The van der Waals surface area contributed by atoms with Crippen molar-refractivity contribution in [3.05, 3.63) is 47.3 Å². The predicted octanol–water partition coefficient (Wildman–Crippen LogP) is 2.53. The number of aromatic nitrogens is 2. The largest absolute Gasteiger partial charge is 0.484 e. The Bertz CT molecular complexity index is 755. The topological polar surface area (TPSA) is 63.5 Å². The molecular formula is C17H22F3N5O. The van der Waals surface area contributed by atoms with Crippen LogP contribution in [0.25, 0.3) is 0 Å². The van der Waals surface area contributed by atoms with E-state index in [9.17, 15) is 13.2 Å². The number of hydrogen-bond acceptors (Lipinski definition) is 3. The number of hydrogen-bond donors (Lipinski definition) is 2. The van der Waals surface area contributed by atoms with Gasteiger partial charge >= 0.3 is 6.18 Å². The average Bonchev–Trinajstić information content (AvgIpc) is 2.99. The van der Waals surface area contributed by atoms with Crippen molar-refractivity contribution in [2.24, 2.45) is 12.0 Å². The zero-order valence-corrected chi connectivity index (χ0v) is 14.9. The van der Waals surface area contributed by atoms with Crippen molar-refractivity contribution in [3.8, 4) is 5.75 Å². The molecular weight excluding hydrogens is 347 g/mol. The van der Waals surface area contributed by atoms with Crippen LogP contribution in [0.5, 0.6) is 5.75 Å². The fraction of sp³-hybridized carbons (Fsp3) is 0.412. The second-order valence-corrected chi connectivity index (χ2v) is 5.74. The number of aliphatic imine (C=N–C) groups is 1. The van der Waals surface area contributed by atoms with Gasteiger partial charge in [-0.2, -0.15) is 18.3 Å². The summed E-state index contributed by atoms with van der Waals surface area (Å²) < 4.78 is 44.0. The second kappa shape index (κ2) is 8.59. The molecule has 0 amide bonds. The Hall–Kier alpha value is -2.71. The van der Waals surface area contributed by atoms with E-state index in [2.05, 4.69) is 20.7 Å². The van der Waals surface area contributed by atoms with Crippen LogP contribution in [0.3, 0.4) is 0 Å². The molecule has 0 unspecified atom stereocenters. The highest BCUT2D eigenvalue weighted by atomic mass is 19.4. The van der Waals surface area contributed by atoms with Gasteiger partial charge in [-0.05, 0) is 24.6 Å². The van der Waals surface area contributed by atoms with Gasteiger partial charge in [0, 0.05) is 32.4 Å². The van der Waals surface area contributed by atoms with Crippen LogP contribution in [-0.2, 0) is 20.1 Å². The zero-order valence-electron chi connectivity index (χ0n) is 14.9. The van der Waals surface area contributed by atoms with E-state index in [4.69, 9.17) is 4.74 Å². The summed E-state index contributed by atoms with van der Waals surface area (Å²) in [5.74, 6) is 0.727. The van der Waals surface area contributed by atoms with Gasteiger partial charge in [0.15, 0.2) is 12.6 Å².